The van der Waals surface area contributed by atoms with Crippen molar-refractivity contribution in [1.29, 1.82) is 0 Å². The Morgan fingerprint density at radius 2 is 1.83 bits per heavy atom. The molecular formula is C20H23N3O6. The second-order valence-electron chi connectivity index (χ2n) is 6.35. The maximum Gasteiger partial charge on any atom is 0.341 e. The second-order valence-corrected chi connectivity index (χ2v) is 6.35. The third kappa shape index (κ3) is 6.28. The van der Waals surface area contributed by atoms with Crippen molar-refractivity contribution >= 4 is 28.9 Å². The van der Waals surface area contributed by atoms with E-state index in [1.54, 1.807) is 6.07 Å². The fourth-order valence-corrected chi connectivity index (χ4v) is 2.61. The van der Waals surface area contributed by atoms with E-state index in [1.165, 1.54) is 19.2 Å². The van der Waals surface area contributed by atoms with E-state index in [0.29, 0.717) is 24.5 Å². The number of methoxy groups -OCH3 is 1. The lowest BCUT2D eigenvalue weighted by atomic mass is 10.1. The number of nitrogens with zero attached hydrogens (tertiary/aromatic N) is 1. The zero-order valence-electron chi connectivity index (χ0n) is 16.5. The number of benzene rings is 2. The van der Waals surface area contributed by atoms with E-state index in [9.17, 15) is 19.7 Å². The molecular weight excluding hydrogens is 378 g/mol. The monoisotopic (exact) mass is 401 g/mol. The van der Waals surface area contributed by atoms with E-state index >= 15 is 0 Å². The molecule has 2 N–H and O–H groups in total. The van der Waals surface area contributed by atoms with Crippen molar-refractivity contribution in [2.24, 2.45) is 0 Å². The van der Waals surface area contributed by atoms with Crippen LogP contribution in [0.3, 0.4) is 0 Å². The van der Waals surface area contributed by atoms with Crippen molar-refractivity contribution in [3.8, 4) is 0 Å². The fourth-order valence-electron chi connectivity index (χ4n) is 2.61. The molecule has 2 rings (SSSR count). The molecule has 0 aliphatic heterocycles. The molecule has 0 bridgehead atoms. The molecule has 9 heteroatoms. The minimum Gasteiger partial charge on any atom is -0.452 e. The Morgan fingerprint density at radius 3 is 2.48 bits per heavy atom. The summed E-state index contributed by atoms with van der Waals surface area (Å²) in [7, 11) is 1.53. The zero-order valence-corrected chi connectivity index (χ0v) is 16.5. The van der Waals surface area contributed by atoms with Gasteiger partial charge in [-0.1, -0.05) is 17.7 Å². The molecule has 0 atom stereocenters. The maximum absolute atomic E-state index is 12.4. The van der Waals surface area contributed by atoms with Gasteiger partial charge in [0.05, 0.1) is 17.1 Å². The van der Waals surface area contributed by atoms with Crippen LogP contribution in [-0.2, 0) is 14.3 Å². The quantitative estimate of drug-likeness (QED) is 0.287. The predicted octanol–water partition coefficient (Wildman–Crippen LogP) is 3.07. The maximum atomic E-state index is 12.4. The topological polar surface area (TPSA) is 120 Å². The third-order valence-corrected chi connectivity index (χ3v) is 4.05. The first-order valence-electron chi connectivity index (χ1n) is 8.87. The van der Waals surface area contributed by atoms with Gasteiger partial charge in [-0.2, -0.15) is 0 Å². The largest absolute Gasteiger partial charge is 0.452 e. The summed E-state index contributed by atoms with van der Waals surface area (Å²) < 4.78 is 10.0. The molecule has 29 heavy (non-hydrogen) atoms. The number of non-ortho nitro benzene ring substituents is 1. The summed E-state index contributed by atoms with van der Waals surface area (Å²) in [6, 6.07) is 9.35. The van der Waals surface area contributed by atoms with Crippen LogP contribution in [0, 0.1) is 24.0 Å². The minimum absolute atomic E-state index is 0.0328. The van der Waals surface area contributed by atoms with Gasteiger partial charge in [0.25, 0.3) is 11.6 Å². The van der Waals surface area contributed by atoms with Crippen molar-refractivity contribution < 1.29 is 24.0 Å². The second kappa shape index (κ2) is 10.2. The van der Waals surface area contributed by atoms with Gasteiger partial charge in [0.15, 0.2) is 6.61 Å². The SMILES string of the molecule is COCCNc1ccc([N+](=O)[O-])cc1C(=O)OCC(=O)Nc1ccc(C)cc1C. The molecule has 0 saturated heterocycles. The van der Waals surface area contributed by atoms with Crippen LogP contribution < -0.4 is 10.6 Å². The number of carbonyl (C=O) groups excluding carboxylic acids is 2. The summed E-state index contributed by atoms with van der Waals surface area (Å²) in [5.41, 5.74) is 2.63. The lowest BCUT2D eigenvalue weighted by Crippen LogP contribution is -2.22. The van der Waals surface area contributed by atoms with Gasteiger partial charge in [-0.15, -0.1) is 0 Å². The summed E-state index contributed by atoms with van der Waals surface area (Å²) in [6.45, 7) is 4.05. The van der Waals surface area contributed by atoms with Crippen molar-refractivity contribution in [3.05, 3.63) is 63.2 Å². The molecule has 1 amide bonds. The molecule has 0 fully saturated rings. The molecule has 0 saturated carbocycles. The van der Waals surface area contributed by atoms with Gasteiger partial charge in [0, 0.05) is 37.2 Å². The summed E-state index contributed by atoms with van der Waals surface area (Å²) in [5.74, 6) is -1.35. The lowest BCUT2D eigenvalue weighted by molar-refractivity contribution is -0.384. The average Bonchev–Trinajstić information content (AvgIpc) is 2.68. The van der Waals surface area contributed by atoms with Crippen LogP contribution in [0.5, 0.6) is 0 Å². The van der Waals surface area contributed by atoms with Gasteiger partial charge in [0.1, 0.15) is 0 Å². The third-order valence-electron chi connectivity index (χ3n) is 4.05. The van der Waals surface area contributed by atoms with Gasteiger partial charge in [-0.25, -0.2) is 4.79 Å². The van der Waals surface area contributed by atoms with Gasteiger partial charge in [-0.05, 0) is 31.5 Å². The molecule has 0 aliphatic rings. The number of hydrogen-bond acceptors (Lipinski definition) is 7. The standard InChI is InChI=1S/C20H23N3O6/c1-13-4-6-17(14(2)10-13)22-19(24)12-29-20(25)16-11-15(23(26)27)5-7-18(16)21-8-9-28-3/h4-7,10-11,21H,8-9,12H2,1-3H3,(H,22,24). The first-order valence-corrected chi connectivity index (χ1v) is 8.87. The highest BCUT2D eigenvalue weighted by atomic mass is 16.6. The molecule has 0 radical (unpaired) electrons. The van der Waals surface area contributed by atoms with Crippen LogP contribution >= 0.6 is 0 Å². The van der Waals surface area contributed by atoms with E-state index in [-0.39, 0.29) is 11.3 Å². The molecule has 0 spiro atoms. The van der Waals surface area contributed by atoms with Crippen LogP contribution in [-0.4, -0.2) is 43.7 Å². The highest BCUT2D eigenvalue weighted by Gasteiger charge is 2.19. The molecule has 2 aromatic rings. The number of rotatable bonds is 9. The number of carbonyl (C=O) groups is 2. The molecule has 0 heterocycles. The summed E-state index contributed by atoms with van der Waals surface area (Å²) in [6.07, 6.45) is 0. The van der Waals surface area contributed by atoms with Crippen molar-refractivity contribution in [2.75, 3.05) is 37.5 Å². The van der Waals surface area contributed by atoms with Gasteiger partial charge in [-0.3, -0.25) is 14.9 Å². The number of aryl methyl sites for hydroxylation is 2. The number of nitro benzene ring substituents is 1. The highest BCUT2D eigenvalue weighted by molar-refractivity contribution is 5.99. The number of nitrogens with one attached hydrogen (secondary N) is 2. The van der Waals surface area contributed by atoms with Crippen molar-refractivity contribution in [3.63, 3.8) is 0 Å². The molecule has 2 aromatic carbocycles. The molecule has 0 aromatic heterocycles. The van der Waals surface area contributed by atoms with Crippen LogP contribution in [0.2, 0.25) is 0 Å². The Hall–Kier alpha value is -3.46. The molecule has 9 nitrogen and oxygen atoms in total. The fraction of sp³-hybridized carbons (Fsp3) is 0.300. The number of amides is 1. The number of esters is 1. The van der Waals surface area contributed by atoms with E-state index < -0.39 is 23.4 Å². The van der Waals surface area contributed by atoms with E-state index in [0.717, 1.165) is 17.2 Å². The molecule has 154 valence electrons. The molecule has 0 unspecified atom stereocenters. The van der Waals surface area contributed by atoms with Crippen LogP contribution in [0.15, 0.2) is 36.4 Å². The normalized spacial score (nSPS) is 10.3. The number of hydrogen-bond donors (Lipinski definition) is 2. The van der Waals surface area contributed by atoms with Gasteiger partial charge >= 0.3 is 5.97 Å². The number of nitro groups is 1. The highest BCUT2D eigenvalue weighted by Crippen LogP contribution is 2.23. The Morgan fingerprint density at radius 1 is 1.10 bits per heavy atom. The Balaban J connectivity index is 2.06. The van der Waals surface area contributed by atoms with Crippen LogP contribution in [0.1, 0.15) is 21.5 Å². The van der Waals surface area contributed by atoms with Gasteiger partial charge < -0.3 is 20.1 Å². The first kappa shape index (κ1) is 21.8. The summed E-state index contributed by atoms with van der Waals surface area (Å²) in [5, 5.41) is 16.6. The van der Waals surface area contributed by atoms with Gasteiger partial charge in [0.2, 0.25) is 0 Å². The minimum atomic E-state index is -0.843. The number of ether oxygens (including phenoxy) is 2. The van der Waals surface area contributed by atoms with Crippen LogP contribution in [0.4, 0.5) is 17.1 Å². The van der Waals surface area contributed by atoms with E-state index in [2.05, 4.69) is 10.6 Å². The van der Waals surface area contributed by atoms with Crippen LogP contribution in [0.25, 0.3) is 0 Å². The van der Waals surface area contributed by atoms with Crippen molar-refractivity contribution in [1.82, 2.24) is 0 Å². The summed E-state index contributed by atoms with van der Waals surface area (Å²) >= 11 is 0. The first-order chi connectivity index (χ1) is 13.8. The summed E-state index contributed by atoms with van der Waals surface area (Å²) in [4.78, 5) is 35.0. The van der Waals surface area contributed by atoms with E-state index in [1.807, 2.05) is 26.0 Å². The lowest BCUT2D eigenvalue weighted by Gasteiger charge is -2.12. The Labute approximate surface area is 168 Å². The smallest absolute Gasteiger partial charge is 0.341 e. The zero-order chi connectivity index (χ0) is 21.4. The van der Waals surface area contributed by atoms with E-state index in [4.69, 9.17) is 9.47 Å². The number of anilines is 2. The Kier molecular flexibility index (Phi) is 7.67. The average molecular weight is 401 g/mol. The van der Waals surface area contributed by atoms with Crippen molar-refractivity contribution in [2.45, 2.75) is 13.8 Å². The Bertz CT molecular complexity index is 913. The molecule has 0 aliphatic carbocycles. The predicted molar refractivity (Wildman–Crippen MR) is 108 cm³/mol.